The van der Waals surface area contributed by atoms with E-state index in [2.05, 4.69) is 10.0 Å². The molecule has 3 aromatic carbocycles. The van der Waals surface area contributed by atoms with Crippen molar-refractivity contribution in [3.63, 3.8) is 0 Å². The average Bonchev–Trinajstić information content (AvgIpc) is 2.70. The van der Waals surface area contributed by atoms with Gasteiger partial charge in [-0.3, -0.25) is 4.72 Å². The van der Waals surface area contributed by atoms with E-state index in [1.54, 1.807) is 24.3 Å². The summed E-state index contributed by atoms with van der Waals surface area (Å²) in [5, 5.41) is 16.0. The van der Waals surface area contributed by atoms with Crippen molar-refractivity contribution in [2.24, 2.45) is 0 Å². The molecule has 0 saturated heterocycles. The Morgan fingerprint density at radius 3 is 2.48 bits per heavy atom. The van der Waals surface area contributed by atoms with Gasteiger partial charge in [-0.1, -0.05) is 42.5 Å². The quantitative estimate of drug-likeness (QED) is 0.443. The molecular weight excluding hydrogens is 388 g/mol. The first kappa shape index (κ1) is 21.1. The first-order chi connectivity index (χ1) is 13.9. The van der Waals surface area contributed by atoms with Crippen LogP contribution in [0.15, 0.2) is 66.7 Å². The van der Waals surface area contributed by atoms with Crippen LogP contribution in [0.2, 0.25) is 0 Å². The fourth-order valence-corrected chi connectivity index (χ4v) is 3.67. The number of aliphatic hydroxyl groups is 1. The molecule has 0 heterocycles. The maximum Gasteiger partial charge on any atom is 0.229 e. The van der Waals surface area contributed by atoms with Gasteiger partial charge in [0.2, 0.25) is 10.0 Å². The van der Waals surface area contributed by atoms with Gasteiger partial charge in [0.05, 0.1) is 19.0 Å². The van der Waals surface area contributed by atoms with E-state index in [1.807, 2.05) is 42.5 Å². The van der Waals surface area contributed by atoms with Crippen LogP contribution in [0.25, 0.3) is 10.8 Å². The summed E-state index contributed by atoms with van der Waals surface area (Å²) in [5.74, 6) is 0.680. The number of ether oxygens (including phenoxy) is 1. The van der Waals surface area contributed by atoms with Crippen LogP contribution >= 0.6 is 0 Å². The largest absolute Gasteiger partial charge is 0.494 e. The van der Waals surface area contributed by atoms with Crippen molar-refractivity contribution in [1.29, 1.82) is 0 Å². The maximum atomic E-state index is 11.2. The topological polar surface area (TPSA) is 87.7 Å². The van der Waals surface area contributed by atoms with Crippen molar-refractivity contribution < 1.29 is 18.3 Å². The van der Waals surface area contributed by atoms with Gasteiger partial charge < -0.3 is 15.2 Å². The minimum absolute atomic E-state index is 0.472. The number of sulfonamides is 1. The van der Waals surface area contributed by atoms with E-state index in [4.69, 9.17) is 4.74 Å². The fraction of sp³-hybridized carbons (Fsp3) is 0.273. The molecule has 3 rings (SSSR count). The van der Waals surface area contributed by atoms with E-state index >= 15 is 0 Å². The highest BCUT2D eigenvalue weighted by molar-refractivity contribution is 7.92. The Kier molecular flexibility index (Phi) is 7.09. The SMILES string of the molecule is CS(=O)(=O)Nc1ccc(OCCCNCC(O)c2cccc3ccccc23)cc1. The zero-order chi connectivity index (χ0) is 20.7. The Labute approximate surface area is 171 Å². The number of hydrogen-bond donors (Lipinski definition) is 3. The molecule has 7 heteroatoms. The molecule has 0 bridgehead atoms. The van der Waals surface area contributed by atoms with Crippen LogP contribution in [0.1, 0.15) is 18.1 Å². The molecule has 0 amide bonds. The van der Waals surface area contributed by atoms with Crippen molar-refractivity contribution in [2.75, 3.05) is 30.7 Å². The Morgan fingerprint density at radius 1 is 1.00 bits per heavy atom. The summed E-state index contributed by atoms with van der Waals surface area (Å²) < 4.78 is 30.5. The van der Waals surface area contributed by atoms with Gasteiger partial charge in [0.15, 0.2) is 0 Å². The van der Waals surface area contributed by atoms with Crippen LogP contribution in [0.4, 0.5) is 5.69 Å². The van der Waals surface area contributed by atoms with Crippen molar-refractivity contribution in [1.82, 2.24) is 5.32 Å². The lowest BCUT2D eigenvalue weighted by Crippen LogP contribution is -2.23. The lowest BCUT2D eigenvalue weighted by molar-refractivity contribution is 0.175. The third-order valence-corrected chi connectivity index (χ3v) is 5.05. The highest BCUT2D eigenvalue weighted by Gasteiger charge is 2.10. The molecule has 3 aromatic rings. The molecule has 0 aromatic heterocycles. The summed E-state index contributed by atoms with van der Waals surface area (Å²) >= 11 is 0. The van der Waals surface area contributed by atoms with Gasteiger partial charge in [0, 0.05) is 12.2 Å². The van der Waals surface area contributed by atoms with Crippen LogP contribution < -0.4 is 14.8 Å². The molecule has 0 aliphatic heterocycles. The second kappa shape index (κ2) is 9.73. The van der Waals surface area contributed by atoms with Crippen LogP contribution in [-0.2, 0) is 10.0 Å². The fourth-order valence-electron chi connectivity index (χ4n) is 3.11. The summed E-state index contributed by atoms with van der Waals surface area (Å²) in [6, 6.07) is 20.8. The van der Waals surface area contributed by atoms with E-state index in [9.17, 15) is 13.5 Å². The Balaban J connectivity index is 1.39. The molecule has 0 saturated carbocycles. The number of hydrogen-bond acceptors (Lipinski definition) is 5. The van der Waals surface area contributed by atoms with Gasteiger partial charge >= 0.3 is 0 Å². The molecule has 0 aliphatic carbocycles. The number of rotatable bonds is 10. The van der Waals surface area contributed by atoms with Crippen molar-refractivity contribution in [3.8, 4) is 5.75 Å². The first-order valence-corrected chi connectivity index (χ1v) is 11.4. The van der Waals surface area contributed by atoms with Crippen LogP contribution in [-0.4, -0.2) is 39.5 Å². The van der Waals surface area contributed by atoms with Crippen molar-refractivity contribution in [3.05, 3.63) is 72.3 Å². The molecule has 6 nitrogen and oxygen atoms in total. The molecule has 0 aliphatic rings. The molecule has 154 valence electrons. The summed E-state index contributed by atoms with van der Waals surface area (Å²) in [5.41, 5.74) is 1.43. The van der Waals surface area contributed by atoms with E-state index in [-0.39, 0.29) is 0 Å². The van der Waals surface area contributed by atoms with E-state index in [0.717, 1.165) is 35.6 Å². The van der Waals surface area contributed by atoms with Gasteiger partial charge in [-0.2, -0.15) is 0 Å². The van der Waals surface area contributed by atoms with E-state index < -0.39 is 16.1 Å². The molecule has 1 unspecified atom stereocenters. The molecular formula is C22H26N2O4S. The lowest BCUT2D eigenvalue weighted by Gasteiger charge is -2.15. The van der Waals surface area contributed by atoms with Gasteiger partial charge in [-0.15, -0.1) is 0 Å². The highest BCUT2D eigenvalue weighted by atomic mass is 32.2. The van der Waals surface area contributed by atoms with Crippen LogP contribution in [0, 0.1) is 0 Å². The summed E-state index contributed by atoms with van der Waals surface area (Å²) in [6.45, 7) is 1.71. The second-order valence-corrected chi connectivity index (χ2v) is 8.64. The number of fused-ring (bicyclic) bond motifs is 1. The van der Waals surface area contributed by atoms with Gasteiger partial charge in [0.1, 0.15) is 5.75 Å². The third-order valence-electron chi connectivity index (χ3n) is 4.44. The summed E-state index contributed by atoms with van der Waals surface area (Å²) in [4.78, 5) is 0. The maximum absolute atomic E-state index is 11.2. The number of anilines is 1. The summed E-state index contributed by atoms with van der Waals surface area (Å²) in [6.07, 6.45) is 1.32. The highest BCUT2D eigenvalue weighted by Crippen LogP contribution is 2.23. The standard InChI is InChI=1S/C22H26N2O4S/c1-29(26,27)24-18-10-12-19(13-11-18)28-15-5-14-23-16-22(25)21-9-4-7-17-6-2-3-8-20(17)21/h2-4,6-13,22-25H,5,14-16H2,1H3. The van der Waals surface area contributed by atoms with E-state index in [0.29, 0.717) is 24.6 Å². The first-order valence-electron chi connectivity index (χ1n) is 9.49. The number of benzene rings is 3. The van der Waals surface area contributed by atoms with Gasteiger partial charge in [0.25, 0.3) is 0 Å². The lowest BCUT2D eigenvalue weighted by atomic mass is 10.0. The Hall–Kier alpha value is -2.61. The Morgan fingerprint density at radius 2 is 1.72 bits per heavy atom. The normalized spacial score (nSPS) is 12.6. The minimum Gasteiger partial charge on any atom is -0.494 e. The Bertz CT molecular complexity index is 1030. The molecule has 29 heavy (non-hydrogen) atoms. The predicted molar refractivity (Wildman–Crippen MR) is 117 cm³/mol. The van der Waals surface area contributed by atoms with Crippen molar-refractivity contribution >= 4 is 26.5 Å². The van der Waals surface area contributed by atoms with Gasteiger partial charge in [-0.25, -0.2) is 8.42 Å². The van der Waals surface area contributed by atoms with Crippen LogP contribution in [0.5, 0.6) is 5.75 Å². The van der Waals surface area contributed by atoms with Gasteiger partial charge in [-0.05, 0) is 53.6 Å². The molecule has 1 atom stereocenters. The summed E-state index contributed by atoms with van der Waals surface area (Å²) in [7, 11) is -3.28. The smallest absolute Gasteiger partial charge is 0.229 e. The number of nitrogens with one attached hydrogen (secondary N) is 2. The zero-order valence-corrected chi connectivity index (χ0v) is 17.2. The molecule has 0 spiro atoms. The second-order valence-electron chi connectivity index (χ2n) is 6.89. The van der Waals surface area contributed by atoms with Crippen LogP contribution in [0.3, 0.4) is 0 Å². The molecule has 0 fully saturated rings. The predicted octanol–water partition coefficient (Wildman–Crippen LogP) is 3.30. The van der Waals surface area contributed by atoms with Crippen molar-refractivity contribution in [2.45, 2.75) is 12.5 Å². The molecule has 0 radical (unpaired) electrons. The minimum atomic E-state index is -3.28. The number of aliphatic hydroxyl groups excluding tert-OH is 1. The van der Waals surface area contributed by atoms with E-state index in [1.165, 1.54) is 0 Å². The zero-order valence-electron chi connectivity index (χ0n) is 16.3. The monoisotopic (exact) mass is 414 g/mol. The third kappa shape index (κ3) is 6.45. The molecule has 3 N–H and O–H groups in total. The average molecular weight is 415 g/mol.